The molecule has 2 rings (SSSR count). The van der Waals surface area contributed by atoms with Crippen LogP contribution in [0.15, 0.2) is 22.7 Å². The first-order chi connectivity index (χ1) is 7.27. The van der Waals surface area contributed by atoms with Gasteiger partial charge in [0, 0.05) is 24.1 Å². The molecule has 1 aliphatic heterocycles. The minimum absolute atomic E-state index is 1.08. The van der Waals surface area contributed by atoms with E-state index in [-0.39, 0.29) is 0 Å². The van der Waals surface area contributed by atoms with Gasteiger partial charge in [-0.25, -0.2) is 0 Å². The van der Waals surface area contributed by atoms with Crippen molar-refractivity contribution < 1.29 is 0 Å². The van der Waals surface area contributed by atoms with E-state index in [0.29, 0.717) is 0 Å². The van der Waals surface area contributed by atoms with Gasteiger partial charge < -0.3 is 10.2 Å². The van der Waals surface area contributed by atoms with Crippen molar-refractivity contribution in [1.29, 1.82) is 0 Å². The molecule has 3 heteroatoms. The molecule has 0 aromatic heterocycles. The Morgan fingerprint density at radius 3 is 2.93 bits per heavy atom. The van der Waals surface area contributed by atoms with Crippen molar-refractivity contribution in [1.82, 2.24) is 5.32 Å². The Morgan fingerprint density at radius 1 is 1.27 bits per heavy atom. The van der Waals surface area contributed by atoms with Crippen LogP contribution in [0.5, 0.6) is 0 Å². The Labute approximate surface area is 99.8 Å². The molecule has 0 radical (unpaired) electrons. The van der Waals surface area contributed by atoms with Gasteiger partial charge >= 0.3 is 0 Å². The van der Waals surface area contributed by atoms with Crippen LogP contribution in [0, 0.1) is 6.92 Å². The maximum Gasteiger partial charge on any atom is 0.0511 e. The van der Waals surface area contributed by atoms with Gasteiger partial charge in [0.25, 0.3) is 0 Å². The standard InChI is InChI=1S/C12H17BrN2/c1-10-3-4-12(11(13)9-10)15-7-2-5-14-6-8-15/h3-4,9,14H,2,5-8H2,1H3. The number of rotatable bonds is 1. The molecule has 1 fully saturated rings. The van der Waals surface area contributed by atoms with E-state index >= 15 is 0 Å². The number of aryl methyl sites for hydroxylation is 1. The predicted octanol–water partition coefficient (Wildman–Crippen LogP) is 2.56. The van der Waals surface area contributed by atoms with Crippen LogP contribution in [0.25, 0.3) is 0 Å². The van der Waals surface area contributed by atoms with E-state index in [1.54, 1.807) is 0 Å². The van der Waals surface area contributed by atoms with Gasteiger partial charge in [-0.2, -0.15) is 0 Å². The SMILES string of the molecule is Cc1ccc(N2CCCNCC2)c(Br)c1. The number of benzene rings is 1. The fourth-order valence-corrected chi connectivity index (χ4v) is 2.70. The van der Waals surface area contributed by atoms with Crippen LogP contribution in [0.2, 0.25) is 0 Å². The van der Waals surface area contributed by atoms with E-state index in [0.717, 1.165) is 26.2 Å². The Hall–Kier alpha value is -0.540. The van der Waals surface area contributed by atoms with Gasteiger partial charge in [0.2, 0.25) is 0 Å². The average Bonchev–Trinajstić information content (AvgIpc) is 2.46. The van der Waals surface area contributed by atoms with E-state index in [1.165, 1.54) is 22.1 Å². The van der Waals surface area contributed by atoms with Crippen molar-refractivity contribution >= 4 is 21.6 Å². The van der Waals surface area contributed by atoms with E-state index in [9.17, 15) is 0 Å². The summed E-state index contributed by atoms with van der Waals surface area (Å²) in [5.41, 5.74) is 2.63. The molecular formula is C12H17BrN2. The number of nitrogens with zero attached hydrogens (tertiary/aromatic N) is 1. The summed E-state index contributed by atoms with van der Waals surface area (Å²) in [5, 5.41) is 3.42. The van der Waals surface area contributed by atoms with E-state index < -0.39 is 0 Å². The molecule has 1 aromatic rings. The topological polar surface area (TPSA) is 15.3 Å². The lowest BCUT2D eigenvalue weighted by Crippen LogP contribution is -2.28. The highest BCUT2D eigenvalue weighted by atomic mass is 79.9. The van der Waals surface area contributed by atoms with Crippen molar-refractivity contribution in [3.8, 4) is 0 Å². The van der Waals surface area contributed by atoms with Crippen LogP contribution in [0.4, 0.5) is 5.69 Å². The van der Waals surface area contributed by atoms with Gasteiger partial charge in [-0.15, -0.1) is 0 Å². The fraction of sp³-hybridized carbons (Fsp3) is 0.500. The first kappa shape index (κ1) is 11.0. The van der Waals surface area contributed by atoms with Crippen molar-refractivity contribution in [2.45, 2.75) is 13.3 Å². The minimum atomic E-state index is 1.08. The predicted molar refractivity (Wildman–Crippen MR) is 68.6 cm³/mol. The zero-order valence-electron chi connectivity index (χ0n) is 9.09. The monoisotopic (exact) mass is 268 g/mol. The molecule has 1 saturated heterocycles. The molecule has 1 aromatic carbocycles. The second kappa shape index (κ2) is 4.99. The highest BCUT2D eigenvalue weighted by molar-refractivity contribution is 9.10. The lowest BCUT2D eigenvalue weighted by molar-refractivity contribution is 0.724. The Bertz CT molecular complexity index is 330. The number of nitrogens with one attached hydrogen (secondary N) is 1. The summed E-state index contributed by atoms with van der Waals surface area (Å²) in [5.74, 6) is 0. The summed E-state index contributed by atoms with van der Waals surface area (Å²) in [4.78, 5) is 2.45. The third kappa shape index (κ3) is 2.73. The molecule has 82 valence electrons. The first-order valence-electron chi connectivity index (χ1n) is 5.49. The smallest absolute Gasteiger partial charge is 0.0511 e. The molecule has 0 atom stereocenters. The molecule has 0 bridgehead atoms. The fourth-order valence-electron chi connectivity index (χ4n) is 1.96. The third-order valence-electron chi connectivity index (χ3n) is 2.78. The highest BCUT2D eigenvalue weighted by Gasteiger charge is 2.11. The van der Waals surface area contributed by atoms with E-state index in [2.05, 4.69) is 51.3 Å². The van der Waals surface area contributed by atoms with Crippen LogP contribution in [-0.4, -0.2) is 26.2 Å². The Kier molecular flexibility index (Phi) is 3.65. The Morgan fingerprint density at radius 2 is 2.13 bits per heavy atom. The second-order valence-electron chi connectivity index (χ2n) is 4.05. The highest BCUT2D eigenvalue weighted by Crippen LogP contribution is 2.27. The summed E-state index contributed by atoms with van der Waals surface area (Å²) in [6.45, 7) is 6.59. The first-order valence-corrected chi connectivity index (χ1v) is 6.28. The number of hydrogen-bond donors (Lipinski definition) is 1. The van der Waals surface area contributed by atoms with Gasteiger partial charge in [-0.05, 0) is 53.5 Å². The maximum absolute atomic E-state index is 3.65. The molecule has 1 aliphatic rings. The summed E-state index contributed by atoms with van der Waals surface area (Å²) < 4.78 is 1.21. The van der Waals surface area contributed by atoms with Crippen molar-refractivity contribution in [2.24, 2.45) is 0 Å². The molecule has 0 saturated carbocycles. The van der Waals surface area contributed by atoms with Crippen LogP contribution >= 0.6 is 15.9 Å². The molecule has 1 N–H and O–H groups in total. The van der Waals surface area contributed by atoms with Crippen molar-refractivity contribution in [3.63, 3.8) is 0 Å². The number of halogens is 1. The zero-order chi connectivity index (χ0) is 10.7. The van der Waals surface area contributed by atoms with Gasteiger partial charge in [0.05, 0.1) is 5.69 Å². The van der Waals surface area contributed by atoms with E-state index in [1.807, 2.05) is 0 Å². The molecule has 0 spiro atoms. The summed E-state index contributed by atoms with van der Waals surface area (Å²) in [7, 11) is 0. The van der Waals surface area contributed by atoms with Gasteiger partial charge in [0.15, 0.2) is 0 Å². The second-order valence-corrected chi connectivity index (χ2v) is 4.90. The van der Waals surface area contributed by atoms with Crippen LogP contribution < -0.4 is 10.2 Å². The van der Waals surface area contributed by atoms with Crippen molar-refractivity contribution in [3.05, 3.63) is 28.2 Å². The average molecular weight is 269 g/mol. The van der Waals surface area contributed by atoms with Gasteiger partial charge in [0.1, 0.15) is 0 Å². The zero-order valence-corrected chi connectivity index (χ0v) is 10.7. The lowest BCUT2D eigenvalue weighted by atomic mass is 10.2. The maximum atomic E-state index is 3.65. The Balaban J connectivity index is 2.19. The van der Waals surface area contributed by atoms with Gasteiger partial charge in [-0.1, -0.05) is 6.07 Å². The van der Waals surface area contributed by atoms with Crippen LogP contribution in [0.3, 0.4) is 0 Å². The normalized spacial score (nSPS) is 17.6. The van der Waals surface area contributed by atoms with E-state index in [4.69, 9.17) is 0 Å². The lowest BCUT2D eigenvalue weighted by Gasteiger charge is -2.23. The molecular weight excluding hydrogens is 252 g/mol. The van der Waals surface area contributed by atoms with Crippen LogP contribution in [-0.2, 0) is 0 Å². The number of anilines is 1. The minimum Gasteiger partial charge on any atom is -0.369 e. The van der Waals surface area contributed by atoms with Gasteiger partial charge in [-0.3, -0.25) is 0 Å². The molecule has 0 amide bonds. The molecule has 15 heavy (non-hydrogen) atoms. The molecule has 2 nitrogen and oxygen atoms in total. The third-order valence-corrected chi connectivity index (χ3v) is 3.42. The molecule has 1 heterocycles. The summed E-state index contributed by atoms with van der Waals surface area (Å²) in [6.07, 6.45) is 1.22. The summed E-state index contributed by atoms with van der Waals surface area (Å²) in [6, 6.07) is 6.58. The quantitative estimate of drug-likeness (QED) is 0.843. The molecule has 0 aliphatic carbocycles. The largest absolute Gasteiger partial charge is 0.369 e. The molecule has 0 unspecified atom stereocenters. The summed E-state index contributed by atoms with van der Waals surface area (Å²) >= 11 is 3.65. The van der Waals surface area contributed by atoms with Crippen LogP contribution in [0.1, 0.15) is 12.0 Å². The number of hydrogen-bond acceptors (Lipinski definition) is 2. The van der Waals surface area contributed by atoms with Crippen molar-refractivity contribution in [2.75, 3.05) is 31.1 Å².